The first-order chi connectivity index (χ1) is 13.2. The Kier molecular flexibility index (Phi) is 6.59. The van der Waals surface area contributed by atoms with Crippen molar-refractivity contribution in [3.8, 4) is 11.3 Å². The SMILES string of the molecule is CN(C)CCCNc1cc(-c2ccccc2)nc(N2CCN(C=O)CC2)n1. The van der Waals surface area contributed by atoms with Gasteiger partial charge in [0.25, 0.3) is 0 Å². The minimum atomic E-state index is 0.702. The Labute approximate surface area is 161 Å². The number of nitrogens with one attached hydrogen (secondary N) is 1. The second-order valence-electron chi connectivity index (χ2n) is 7.02. The van der Waals surface area contributed by atoms with Gasteiger partial charge in [-0.3, -0.25) is 4.79 Å². The summed E-state index contributed by atoms with van der Waals surface area (Å²) in [7, 11) is 4.16. The molecule has 1 N–H and O–H groups in total. The molecule has 27 heavy (non-hydrogen) atoms. The van der Waals surface area contributed by atoms with Gasteiger partial charge in [0, 0.05) is 44.4 Å². The van der Waals surface area contributed by atoms with Crippen LogP contribution in [0.4, 0.5) is 11.8 Å². The van der Waals surface area contributed by atoms with Gasteiger partial charge in [-0.05, 0) is 27.1 Å². The van der Waals surface area contributed by atoms with Crippen molar-refractivity contribution >= 4 is 18.2 Å². The van der Waals surface area contributed by atoms with E-state index in [9.17, 15) is 4.79 Å². The highest BCUT2D eigenvalue weighted by atomic mass is 16.1. The molecule has 1 aromatic carbocycles. The number of piperazine rings is 1. The van der Waals surface area contributed by atoms with Gasteiger partial charge in [0.15, 0.2) is 0 Å². The second kappa shape index (κ2) is 9.32. The normalized spacial score (nSPS) is 14.5. The molecule has 7 heteroatoms. The van der Waals surface area contributed by atoms with E-state index in [2.05, 4.69) is 41.3 Å². The van der Waals surface area contributed by atoms with E-state index in [1.807, 2.05) is 24.3 Å². The van der Waals surface area contributed by atoms with Crippen molar-refractivity contribution in [1.82, 2.24) is 19.8 Å². The summed E-state index contributed by atoms with van der Waals surface area (Å²) in [5.74, 6) is 1.56. The fraction of sp³-hybridized carbons (Fsp3) is 0.450. The predicted molar refractivity (Wildman–Crippen MR) is 109 cm³/mol. The summed E-state index contributed by atoms with van der Waals surface area (Å²) in [6, 6.07) is 12.2. The molecule has 3 rings (SSSR count). The van der Waals surface area contributed by atoms with Crippen LogP contribution in [0, 0.1) is 0 Å². The van der Waals surface area contributed by atoms with E-state index in [1.165, 1.54) is 0 Å². The van der Waals surface area contributed by atoms with Gasteiger partial charge in [-0.1, -0.05) is 30.3 Å². The molecular formula is C20H28N6O. The Morgan fingerprint density at radius 1 is 1.11 bits per heavy atom. The van der Waals surface area contributed by atoms with Gasteiger partial charge in [-0.2, -0.15) is 4.98 Å². The smallest absolute Gasteiger partial charge is 0.227 e. The van der Waals surface area contributed by atoms with Gasteiger partial charge in [0.05, 0.1) is 5.69 Å². The molecule has 0 spiro atoms. The number of hydrogen-bond donors (Lipinski definition) is 1. The number of anilines is 2. The summed E-state index contributed by atoms with van der Waals surface area (Å²) < 4.78 is 0. The Morgan fingerprint density at radius 3 is 2.52 bits per heavy atom. The molecule has 0 aliphatic carbocycles. The Morgan fingerprint density at radius 2 is 1.85 bits per heavy atom. The maximum Gasteiger partial charge on any atom is 0.227 e. The number of amides is 1. The third-order valence-electron chi connectivity index (χ3n) is 4.62. The van der Waals surface area contributed by atoms with Crippen molar-refractivity contribution in [2.75, 3.05) is 63.6 Å². The zero-order chi connectivity index (χ0) is 19.1. The molecule has 0 unspecified atom stereocenters. The molecule has 2 aromatic rings. The third-order valence-corrected chi connectivity index (χ3v) is 4.62. The summed E-state index contributed by atoms with van der Waals surface area (Å²) in [5.41, 5.74) is 1.98. The van der Waals surface area contributed by atoms with Crippen LogP contribution in [0.3, 0.4) is 0 Å². The average molecular weight is 368 g/mol. The molecule has 1 amide bonds. The molecule has 1 aliphatic heterocycles. The Hall–Kier alpha value is -2.67. The number of carbonyl (C=O) groups excluding carboxylic acids is 1. The fourth-order valence-corrected chi connectivity index (χ4v) is 3.06. The van der Waals surface area contributed by atoms with Crippen LogP contribution in [0.5, 0.6) is 0 Å². The molecule has 0 bridgehead atoms. The Balaban J connectivity index is 1.79. The highest BCUT2D eigenvalue weighted by Gasteiger charge is 2.19. The van der Waals surface area contributed by atoms with E-state index in [1.54, 1.807) is 4.90 Å². The van der Waals surface area contributed by atoms with Crippen LogP contribution >= 0.6 is 0 Å². The van der Waals surface area contributed by atoms with Crippen molar-refractivity contribution in [2.24, 2.45) is 0 Å². The number of carbonyl (C=O) groups is 1. The first-order valence-electron chi connectivity index (χ1n) is 9.43. The van der Waals surface area contributed by atoms with Gasteiger partial charge < -0.3 is 20.0 Å². The lowest BCUT2D eigenvalue weighted by molar-refractivity contribution is -0.118. The second-order valence-corrected chi connectivity index (χ2v) is 7.02. The number of aromatic nitrogens is 2. The molecule has 1 aliphatic rings. The maximum absolute atomic E-state index is 11.0. The molecule has 1 aromatic heterocycles. The highest BCUT2D eigenvalue weighted by molar-refractivity contribution is 5.64. The largest absolute Gasteiger partial charge is 0.370 e. The van der Waals surface area contributed by atoms with Crippen LogP contribution in [-0.4, -0.2) is 79.5 Å². The molecule has 0 radical (unpaired) electrons. The van der Waals surface area contributed by atoms with E-state index < -0.39 is 0 Å². The van der Waals surface area contributed by atoms with Crippen molar-refractivity contribution in [3.63, 3.8) is 0 Å². The van der Waals surface area contributed by atoms with E-state index in [0.717, 1.165) is 62.0 Å². The molecule has 7 nitrogen and oxygen atoms in total. The van der Waals surface area contributed by atoms with Crippen LogP contribution < -0.4 is 10.2 Å². The minimum absolute atomic E-state index is 0.702. The molecular weight excluding hydrogens is 340 g/mol. The maximum atomic E-state index is 11.0. The van der Waals surface area contributed by atoms with Crippen LogP contribution in [0.15, 0.2) is 36.4 Å². The van der Waals surface area contributed by atoms with Crippen LogP contribution in [-0.2, 0) is 4.79 Å². The summed E-state index contributed by atoms with van der Waals surface area (Å²) in [6.07, 6.45) is 1.96. The summed E-state index contributed by atoms with van der Waals surface area (Å²) in [4.78, 5) is 26.6. The van der Waals surface area contributed by atoms with E-state index in [4.69, 9.17) is 9.97 Å². The van der Waals surface area contributed by atoms with Crippen molar-refractivity contribution in [3.05, 3.63) is 36.4 Å². The van der Waals surface area contributed by atoms with E-state index in [0.29, 0.717) is 13.1 Å². The quantitative estimate of drug-likeness (QED) is 0.566. The van der Waals surface area contributed by atoms with Crippen LogP contribution in [0.1, 0.15) is 6.42 Å². The van der Waals surface area contributed by atoms with Gasteiger partial charge in [0.2, 0.25) is 12.4 Å². The zero-order valence-corrected chi connectivity index (χ0v) is 16.1. The number of hydrogen-bond acceptors (Lipinski definition) is 6. The van der Waals surface area contributed by atoms with Crippen molar-refractivity contribution in [1.29, 1.82) is 0 Å². The standard InChI is InChI=1S/C20H28N6O/c1-24(2)10-6-9-21-19-15-18(17-7-4-3-5-8-17)22-20(23-19)26-13-11-25(16-27)12-14-26/h3-5,7-8,15-16H,6,9-14H2,1-2H3,(H,21,22,23). The van der Waals surface area contributed by atoms with Gasteiger partial charge >= 0.3 is 0 Å². The fourth-order valence-electron chi connectivity index (χ4n) is 3.06. The van der Waals surface area contributed by atoms with E-state index >= 15 is 0 Å². The average Bonchev–Trinajstić information content (AvgIpc) is 2.71. The topological polar surface area (TPSA) is 64.6 Å². The molecule has 144 valence electrons. The summed E-state index contributed by atoms with van der Waals surface area (Å²) in [6.45, 7) is 4.79. The minimum Gasteiger partial charge on any atom is -0.370 e. The zero-order valence-electron chi connectivity index (χ0n) is 16.1. The first kappa shape index (κ1) is 19.1. The molecule has 2 heterocycles. The third kappa shape index (κ3) is 5.40. The summed E-state index contributed by atoms with van der Waals surface area (Å²) >= 11 is 0. The number of rotatable bonds is 8. The first-order valence-corrected chi connectivity index (χ1v) is 9.43. The van der Waals surface area contributed by atoms with Crippen LogP contribution in [0.25, 0.3) is 11.3 Å². The number of benzene rings is 1. The highest BCUT2D eigenvalue weighted by Crippen LogP contribution is 2.23. The summed E-state index contributed by atoms with van der Waals surface area (Å²) in [5, 5.41) is 3.44. The molecule has 0 atom stereocenters. The number of nitrogens with zero attached hydrogens (tertiary/aromatic N) is 5. The predicted octanol–water partition coefficient (Wildman–Crippen LogP) is 1.79. The van der Waals surface area contributed by atoms with Crippen LogP contribution in [0.2, 0.25) is 0 Å². The monoisotopic (exact) mass is 368 g/mol. The molecule has 1 saturated heterocycles. The van der Waals surface area contributed by atoms with E-state index in [-0.39, 0.29) is 0 Å². The lowest BCUT2D eigenvalue weighted by atomic mass is 10.1. The van der Waals surface area contributed by atoms with Crippen molar-refractivity contribution < 1.29 is 4.79 Å². The Bertz CT molecular complexity index is 729. The van der Waals surface area contributed by atoms with Crippen molar-refractivity contribution in [2.45, 2.75) is 6.42 Å². The lowest BCUT2D eigenvalue weighted by Gasteiger charge is -2.32. The molecule has 0 saturated carbocycles. The molecule has 1 fully saturated rings. The van der Waals surface area contributed by atoms with Gasteiger partial charge in [-0.15, -0.1) is 0 Å². The lowest BCUT2D eigenvalue weighted by Crippen LogP contribution is -2.46. The van der Waals surface area contributed by atoms with Gasteiger partial charge in [-0.25, -0.2) is 4.98 Å². The van der Waals surface area contributed by atoms with Gasteiger partial charge in [0.1, 0.15) is 5.82 Å².